The predicted molar refractivity (Wildman–Crippen MR) is 175 cm³/mol. The lowest BCUT2D eigenvalue weighted by molar-refractivity contribution is 0.212. The zero-order valence-electron chi connectivity index (χ0n) is 24.7. The second-order valence-corrected chi connectivity index (χ2v) is 11.6. The fourth-order valence-corrected chi connectivity index (χ4v) is 6.69. The molecule has 7 rings (SSSR count). The highest BCUT2D eigenvalue weighted by Crippen LogP contribution is 2.36. The Morgan fingerprint density at radius 3 is 1.98 bits per heavy atom. The molecule has 212 valence electrons. The van der Waals surface area contributed by atoms with E-state index >= 15 is 0 Å². The average molecular weight is 562 g/mol. The Balaban J connectivity index is 1.33. The van der Waals surface area contributed by atoms with Gasteiger partial charge in [-0.05, 0) is 48.2 Å². The molecule has 5 heteroatoms. The number of fused-ring (bicyclic) bond motifs is 3. The molecule has 0 amide bonds. The second-order valence-electron chi connectivity index (χ2n) is 11.6. The van der Waals surface area contributed by atoms with Crippen LogP contribution in [0.1, 0.15) is 45.0 Å². The van der Waals surface area contributed by atoms with Crippen molar-refractivity contribution in [2.45, 2.75) is 26.3 Å². The fourth-order valence-electron chi connectivity index (χ4n) is 6.69. The topological polar surface area (TPSA) is 47.6 Å². The molecule has 0 N–H and O–H groups in total. The third-order valence-electron chi connectivity index (χ3n) is 8.92. The van der Waals surface area contributed by atoms with E-state index < -0.39 is 0 Å². The third kappa shape index (κ3) is 4.94. The Kier molecular flexibility index (Phi) is 7.14. The summed E-state index contributed by atoms with van der Waals surface area (Å²) < 4.78 is 2.26. The number of benzene rings is 4. The number of para-hydroxylation sites is 2. The lowest BCUT2D eigenvalue weighted by atomic mass is 9.95. The first-order valence-corrected chi connectivity index (χ1v) is 15.1. The van der Waals surface area contributed by atoms with Gasteiger partial charge in [0.15, 0.2) is 5.65 Å². The Morgan fingerprint density at radius 1 is 0.744 bits per heavy atom. The summed E-state index contributed by atoms with van der Waals surface area (Å²) in [5.74, 6) is 1.16. The molecule has 5 nitrogen and oxygen atoms in total. The minimum Gasteiger partial charge on any atom is -0.355 e. The molecule has 0 spiro atoms. The third-order valence-corrected chi connectivity index (χ3v) is 8.92. The lowest BCUT2D eigenvalue weighted by Gasteiger charge is -2.41. The van der Waals surface area contributed by atoms with Gasteiger partial charge in [0.1, 0.15) is 11.9 Å². The van der Waals surface area contributed by atoms with Crippen LogP contribution in [0.4, 0.5) is 5.82 Å². The van der Waals surface area contributed by atoms with Crippen LogP contribution in [0.25, 0.3) is 16.7 Å². The molecule has 0 saturated carbocycles. The van der Waals surface area contributed by atoms with Crippen LogP contribution in [-0.4, -0.2) is 40.5 Å². The summed E-state index contributed by atoms with van der Waals surface area (Å²) >= 11 is 0. The fraction of sp³-hybridized carbons (Fsp3) is 0.211. The van der Waals surface area contributed by atoms with Gasteiger partial charge in [-0.1, -0.05) is 103 Å². The minimum atomic E-state index is 0.202. The van der Waals surface area contributed by atoms with E-state index in [9.17, 15) is 5.26 Å². The Hall–Kier alpha value is -4.92. The van der Waals surface area contributed by atoms with Gasteiger partial charge in [-0.15, -0.1) is 0 Å². The molecule has 3 heterocycles. The van der Waals surface area contributed by atoms with Crippen LogP contribution in [0.5, 0.6) is 0 Å². The highest BCUT2D eigenvalue weighted by Gasteiger charge is 2.30. The molecule has 2 aromatic heterocycles. The van der Waals surface area contributed by atoms with Gasteiger partial charge < -0.3 is 4.90 Å². The molecule has 1 aliphatic rings. The van der Waals surface area contributed by atoms with Gasteiger partial charge in [0.2, 0.25) is 0 Å². The van der Waals surface area contributed by atoms with Crippen molar-refractivity contribution in [2.24, 2.45) is 0 Å². The van der Waals surface area contributed by atoms with E-state index in [-0.39, 0.29) is 6.04 Å². The summed E-state index contributed by atoms with van der Waals surface area (Å²) in [5, 5.41) is 10.4. The smallest absolute Gasteiger partial charge is 0.157 e. The van der Waals surface area contributed by atoms with Crippen molar-refractivity contribution in [3.8, 4) is 6.07 Å². The van der Waals surface area contributed by atoms with E-state index in [4.69, 9.17) is 4.98 Å². The van der Waals surface area contributed by atoms with E-state index in [1.165, 1.54) is 27.8 Å². The molecule has 0 radical (unpaired) electrons. The second kappa shape index (κ2) is 11.4. The average Bonchev–Trinajstić information content (AvgIpc) is 3.43. The monoisotopic (exact) mass is 561 g/mol. The normalized spacial score (nSPS) is 14.0. The highest BCUT2D eigenvalue weighted by atomic mass is 15.3. The molecule has 43 heavy (non-hydrogen) atoms. The molecular weight excluding hydrogens is 526 g/mol. The SMILES string of the molecule is Cc1ccc(Cc2c(C)c(C#N)c3nc4ccccc4n3c2N2CCN(C(c3ccccc3)c3ccccc3)CC2)cc1. The summed E-state index contributed by atoms with van der Waals surface area (Å²) in [4.78, 5) is 10.1. The zero-order chi connectivity index (χ0) is 29.3. The summed E-state index contributed by atoms with van der Waals surface area (Å²) in [7, 11) is 0. The molecule has 4 aromatic carbocycles. The van der Waals surface area contributed by atoms with E-state index in [0.717, 1.165) is 60.7 Å². The molecule has 6 aromatic rings. The van der Waals surface area contributed by atoms with E-state index in [1.807, 2.05) is 12.1 Å². The number of aryl methyl sites for hydroxylation is 1. The number of hydrogen-bond acceptors (Lipinski definition) is 4. The van der Waals surface area contributed by atoms with Crippen LogP contribution in [0.2, 0.25) is 0 Å². The first-order valence-electron chi connectivity index (χ1n) is 15.1. The summed E-state index contributed by atoms with van der Waals surface area (Å²) in [6, 6.07) is 41.5. The van der Waals surface area contributed by atoms with Gasteiger partial charge in [-0.3, -0.25) is 9.30 Å². The number of anilines is 1. The summed E-state index contributed by atoms with van der Waals surface area (Å²) in [6.07, 6.45) is 0.759. The lowest BCUT2D eigenvalue weighted by Crippen LogP contribution is -2.48. The molecule has 1 saturated heterocycles. The first kappa shape index (κ1) is 26.9. The van der Waals surface area contributed by atoms with E-state index in [1.54, 1.807) is 0 Å². The molecule has 1 aliphatic heterocycles. The van der Waals surface area contributed by atoms with Gasteiger partial charge in [0.25, 0.3) is 0 Å². The van der Waals surface area contributed by atoms with E-state index in [2.05, 4.69) is 131 Å². The van der Waals surface area contributed by atoms with Gasteiger partial charge in [0.05, 0.1) is 22.6 Å². The van der Waals surface area contributed by atoms with Crippen LogP contribution in [-0.2, 0) is 6.42 Å². The highest BCUT2D eigenvalue weighted by molar-refractivity contribution is 5.86. The van der Waals surface area contributed by atoms with Crippen molar-refractivity contribution < 1.29 is 0 Å². The van der Waals surface area contributed by atoms with Crippen LogP contribution < -0.4 is 4.90 Å². The van der Waals surface area contributed by atoms with Crippen molar-refractivity contribution >= 4 is 22.5 Å². The maximum absolute atomic E-state index is 10.4. The van der Waals surface area contributed by atoms with Crippen molar-refractivity contribution in [3.63, 3.8) is 0 Å². The number of nitrogens with zero attached hydrogens (tertiary/aromatic N) is 5. The van der Waals surface area contributed by atoms with Crippen LogP contribution in [0.15, 0.2) is 109 Å². The van der Waals surface area contributed by atoms with Gasteiger partial charge in [-0.2, -0.15) is 5.26 Å². The van der Waals surface area contributed by atoms with Gasteiger partial charge >= 0.3 is 0 Å². The Labute approximate surface area is 253 Å². The van der Waals surface area contributed by atoms with Crippen molar-refractivity contribution in [2.75, 3.05) is 31.1 Å². The van der Waals surface area contributed by atoms with Crippen molar-refractivity contribution in [1.29, 1.82) is 5.26 Å². The largest absolute Gasteiger partial charge is 0.355 e. The molecule has 0 aliphatic carbocycles. The summed E-state index contributed by atoms with van der Waals surface area (Å²) in [5.41, 5.74) is 10.7. The standard InChI is InChI=1S/C38H35N5/c1-27-17-19-29(20-18-27)25-32-28(2)33(26-39)37-40-34-15-9-10-16-35(34)43(37)38(32)42-23-21-41(22-24-42)36(30-11-5-3-6-12-30)31-13-7-4-8-14-31/h3-20,36H,21-25H2,1-2H3. The zero-order valence-corrected chi connectivity index (χ0v) is 24.7. The van der Waals surface area contributed by atoms with Crippen LogP contribution in [0.3, 0.4) is 0 Å². The molecular formula is C38H35N5. The number of aromatic nitrogens is 2. The maximum Gasteiger partial charge on any atom is 0.157 e. The molecule has 0 bridgehead atoms. The number of rotatable bonds is 6. The van der Waals surface area contributed by atoms with Crippen molar-refractivity contribution in [3.05, 3.63) is 148 Å². The van der Waals surface area contributed by atoms with E-state index in [0.29, 0.717) is 5.56 Å². The quantitative estimate of drug-likeness (QED) is 0.212. The minimum absolute atomic E-state index is 0.202. The predicted octanol–water partition coefficient (Wildman–Crippen LogP) is 7.48. The number of pyridine rings is 1. The number of imidazole rings is 1. The number of hydrogen-bond donors (Lipinski definition) is 0. The van der Waals surface area contributed by atoms with Crippen LogP contribution in [0, 0.1) is 25.2 Å². The number of piperazine rings is 1. The maximum atomic E-state index is 10.4. The molecule has 0 unspecified atom stereocenters. The van der Waals surface area contributed by atoms with Crippen molar-refractivity contribution in [1.82, 2.24) is 14.3 Å². The first-order chi connectivity index (χ1) is 21.1. The van der Waals surface area contributed by atoms with Crippen LogP contribution >= 0.6 is 0 Å². The molecule has 0 atom stereocenters. The molecule has 1 fully saturated rings. The Bertz CT molecular complexity index is 1890. The van der Waals surface area contributed by atoms with Gasteiger partial charge in [-0.25, -0.2) is 4.98 Å². The van der Waals surface area contributed by atoms with Gasteiger partial charge in [0, 0.05) is 38.2 Å². The number of nitriles is 1. The summed E-state index contributed by atoms with van der Waals surface area (Å²) in [6.45, 7) is 7.82. The Morgan fingerprint density at radius 2 is 1.35 bits per heavy atom.